The summed E-state index contributed by atoms with van der Waals surface area (Å²) in [7, 11) is 0. The highest BCUT2D eigenvalue weighted by atomic mass is 79.9. The lowest BCUT2D eigenvalue weighted by Gasteiger charge is -2.23. The molecule has 4 heteroatoms. The molecule has 0 amide bonds. The molecule has 0 aromatic carbocycles. The summed E-state index contributed by atoms with van der Waals surface area (Å²) in [5.74, 6) is 0.830. The molecule has 0 aliphatic heterocycles. The van der Waals surface area contributed by atoms with Crippen molar-refractivity contribution in [3.8, 4) is 0 Å². The van der Waals surface area contributed by atoms with Gasteiger partial charge in [0.2, 0.25) is 0 Å². The molecule has 1 N–H and O–H groups in total. The average molecular weight is 390 g/mol. The Morgan fingerprint density at radius 1 is 1.26 bits per heavy atom. The standard InChI is InChI=1S/C15H22Br2N2/c1-11(12-6-4-2-3-5-7-12)18-10-15-14(17)8-13(16)9-19-15/h8-9,11-12,18H,2-7,10H2,1H3/t11-/m1/s1. The summed E-state index contributed by atoms with van der Waals surface area (Å²) in [6, 6.07) is 2.63. The van der Waals surface area contributed by atoms with E-state index in [1.54, 1.807) is 0 Å². The van der Waals surface area contributed by atoms with Gasteiger partial charge in [0.05, 0.1) is 5.69 Å². The molecule has 1 aliphatic rings. The van der Waals surface area contributed by atoms with Gasteiger partial charge in [0.25, 0.3) is 0 Å². The maximum absolute atomic E-state index is 4.46. The van der Waals surface area contributed by atoms with E-state index >= 15 is 0 Å². The lowest BCUT2D eigenvalue weighted by molar-refractivity contribution is 0.335. The van der Waals surface area contributed by atoms with Gasteiger partial charge in [-0.25, -0.2) is 0 Å². The van der Waals surface area contributed by atoms with Crippen LogP contribution < -0.4 is 5.32 Å². The fraction of sp³-hybridized carbons (Fsp3) is 0.667. The Morgan fingerprint density at radius 3 is 2.58 bits per heavy atom. The Bertz CT molecular complexity index is 401. The first kappa shape index (κ1) is 15.5. The molecule has 19 heavy (non-hydrogen) atoms. The number of halogens is 2. The molecule has 2 nitrogen and oxygen atoms in total. The number of hydrogen-bond donors (Lipinski definition) is 1. The average Bonchev–Trinajstić information content (AvgIpc) is 2.66. The van der Waals surface area contributed by atoms with Gasteiger partial charge in [0, 0.05) is 27.7 Å². The zero-order valence-corrected chi connectivity index (χ0v) is 14.6. The largest absolute Gasteiger partial charge is 0.308 e. The number of aromatic nitrogens is 1. The van der Waals surface area contributed by atoms with Crippen LogP contribution in [0.15, 0.2) is 21.2 Å². The number of nitrogens with zero attached hydrogens (tertiary/aromatic N) is 1. The Kier molecular flexibility index (Phi) is 6.30. The second-order valence-corrected chi connectivity index (χ2v) is 7.27. The Hall–Kier alpha value is 0.0700. The molecule has 0 saturated heterocycles. The van der Waals surface area contributed by atoms with Crippen LogP contribution in [0.3, 0.4) is 0 Å². The van der Waals surface area contributed by atoms with E-state index in [-0.39, 0.29) is 0 Å². The molecular formula is C15H22Br2N2. The Labute approximate surface area is 133 Å². The van der Waals surface area contributed by atoms with Crippen LogP contribution >= 0.6 is 31.9 Å². The number of hydrogen-bond acceptors (Lipinski definition) is 2. The fourth-order valence-electron chi connectivity index (χ4n) is 2.81. The van der Waals surface area contributed by atoms with Crippen molar-refractivity contribution in [1.29, 1.82) is 0 Å². The van der Waals surface area contributed by atoms with Gasteiger partial charge in [0.15, 0.2) is 0 Å². The third kappa shape index (κ3) is 4.83. The number of nitrogens with one attached hydrogen (secondary N) is 1. The van der Waals surface area contributed by atoms with Crippen molar-refractivity contribution < 1.29 is 0 Å². The third-order valence-electron chi connectivity index (χ3n) is 4.08. The van der Waals surface area contributed by atoms with Crippen LogP contribution in [0.5, 0.6) is 0 Å². The zero-order valence-electron chi connectivity index (χ0n) is 11.5. The minimum Gasteiger partial charge on any atom is -0.308 e. The first-order valence-corrected chi connectivity index (χ1v) is 8.78. The van der Waals surface area contributed by atoms with E-state index in [9.17, 15) is 0 Å². The predicted octanol–water partition coefficient (Wildman–Crippen LogP) is 5.06. The lowest BCUT2D eigenvalue weighted by atomic mass is 9.93. The SMILES string of the molecule is C[C@@H](NCc1ncc(Br)cc1Br)C1CCCCCC1. The summed E-state index contributed by atoms with van der Waals surface area (Å²) in [5, 5.41) is 3.65. The molecule has 1 fully saturated rings. The number of pyridine rings is 1. The van der Waals surface area contributed by atoms with Crippen molar-refractivity contribution in [2.24, 2.45) is 5.92 Å². The summed E-state index contributed by atoms with van der Waals surface area (Å²) in [5.41, 5.74) is 1.09. The van der Waals surface area contributed by atoms with Gasteiger partial charge in [-0.2, -0.15) is 0 Å². The fourth-order valence-corrected chi connectivity index (χ4v) is 3.94. The van der Waals surface area contributed by atoms with Gasteiger partial charge in [-0.15, -0.1) is 0 Å². The maximum Gasteiger partial charge on any atom is 0.0684 e. The second-order valence-electron chi connectivity index (χ2n) is 5.50. The van der Waals surface area contributed by atoms with E-state index in [2.05, 4.69) is 55.2 Å². The van der Waals surface area contributed by atoms with Crippen LogP contribution in [0.4, 0.5) is 0 Å². The molecule has 0 bridgehead atoms. The molecule has 0 spiro atoms. The third-order valence-corrected chi connectivity index (χ3v) is 5.20. The van der Waals surface area contributed by atoms with Crippen molar-refractivity contribution in [3.63, 3.8) is 0 Å². The first-order valence-electron chi connectivity index (χ1n) is 7.20. The van der Waals surface area contributed by atoms with Crippen LogP contribution in [0.2, 0.25) is 0 Å². The van der Waals surface area contributed by atoms with Crippen LogP contribution in [-0.2, 0) is 6.54 Å². The van der Waals surface area contributed by atoms with E-state index in [0.29, 0.717) is 6.04 Å². The van der Waals surface area contributed by atoms with Crippen LogP contribution in [-0.4, -0.2) is 11.0 Å². The van der Waals surface area contributed by atoms with Crippen LogP contribution in [0.1, 0.15) is 51.1 Å². The van der Waals surface area contributed by atoms with Gasteiger partial charge >= 0.3 is 0 Å². The molecule has 2 rings (SSSR count). The van der Waals surface area contributed by atoms with Gasteiger partial charge in [-0.1, -0.05) is 25.7 Å². The molecule has 106 valence electrons. The highest BCUT2D eigenvalue weighted by Gasteiger charge is 2.18. The van der Waals surface area contributed by atoms with Gasteiger partial charge in [-0.05, 0) is 63.6 Å². The lowest BCUT2D eigenvalue weighted by Crippen LogP contribution is -2.33. The van der Waals surface area contributed by atoms with E-state index in [0.717, 1.165) is 27.1 Å². The normalized spacial score (nSPS) is 19.1. The Morgan fingerprint density at radius 2 is 1.95 bits per heavy atom. The smallest absolute Gasteiger partial charge is 0.0684 e. The molecule has 1 atom stereocenters. The van der Waals surface area contributed by atoms with E-state index < -0.39 is 0 Å². The van der Waals surface area contributed by atoms with Gasteiger partial charge in [-0.3, -0.25) is 4.98 Å². The van der Waals surface area contributed by atoms with Gasteiger partial charge in [0.1, 0.15) is 0 Å². The monoisotopic (exact) mass is 388 g/mol. The van der Waals surface area contributed by atoms with Crippen molar-refractivity contribution in [2.45, 2.75) is 58.0 Å². The number of rotatable bonds is 4. The zero-order chi connectivity index (χ0) is 13.7. The van der Waals surface area contributed by atoms with Crippen LogP contribution in [0, 0.1) is 5.92 Å². The molecule has 0 radical (unpaired) electrons. The minimum absolute atomic E-state index is 0.579. The van der Waals surface area contributed by atoms with Crippen molar-refractivity contribution >= 4 is 31.9 Å². The van der Waals surface area contributed by atoms with Crippen molar-refractivity contribution in [2.75, 3.05) is 0 Å². The van der Waals surface area contributed by atoms with Gasteiger partial charge < -0.3 is 5.32 Å². The topological polar surface area (TPSA) is 24.9 Å². The van der Waals surface area contributed by atoms with E-state index in [1.807, 2.05) is 6.20 Å². The molecule has 0 unspecified atom stereocenters. The highest BCUT2D eigenvalue weighted by molar-refractivity contribution is 9.11. The Balaban J connectivity index is 1.86. The summed E-state index contributed by atoms with van der Waals surface area (Å²) < 4.78 is 2.09. The summed E-state index contributed by atoms with van der Waals surface area (Å²) in [4.78, 5) is 4.46. The molecule has 1 heterocycles. The molecule has 1 saturated carbocycles. The molecular weight excluding hydrogens is 368 g/mol. The molecule has 1 aromatic rings. The maximum atomic E-state index is 4.46. The first-order chi connectivity index (χ1) is 9.16. The van der Waals surface area contributed by atoms with Crippen molar-refractivity contribution in [1.82, 2.24) is 10.3 Å². The summed E-state index contributed by atoms with van der Waals surface area (Å²) in [6.07, 6.45) is 10.3. The van der Waals surface area contributed by atoms with Crippen molar-refractivity contribution in [3.05, 3.63) is 26.9 Å². The van der Waals surface area contributed by atoms with E-state index in [1.165, 1.54) is 38.5 Å². The minimum atomic E-state index is 0.579. The molecule has 1 aromatic heterocycles. The summed E-state index contributed by atoms with van der Waals surface area (Å²) >= 11 is 7.01. The quantitative estimate of drug-likeness (QED) is 0.728. The summed E-state index contributed by atoms with van der Waals surface area (Å²) in [6.45, 7) is 3.16. The predicted molar refractivity (Wildman–Crippen MR) is 87.1 cm³/mol. The van der Waals surface area contributed by atoms with E-state index in [4.69, 9.17) is 0 Å². The second kappa shape index (κ2) is 7.75. The molecule has 1 aliphatic carbocycles. The van der Waals surface area contributed by atoms with Crippen LogP contribution in [0.25, 0.3) is 0 Å². The highest BCUT2D eigenvalue weighted by Crippen LogP contribution is 2.26.